The van der Waals surface area contributed by atoms with Crippen LogP contribution < -0.4 is 5.32 Å². The molecule has 3 aromatic heterocycles. The molecule has 0 aromatic carbocycles. The summed E-state index contributed by atoms with van der Waals surface area (Å²) in [6.07, 6.45) is 3.28. The van der Waals surface area contributed by atoms with Crippen LogP contribution in [0.3, 0.4) is 0 Å². The maximum absolute atomic E-state index is 12.5. The highest BCUT2D eigenvalue weighted by atomic mass is 35.5. The molecule has 24 heavy (non-hydrogen) atoms. The molecule has 0 radical (unpaired) electrons. The van der Waals surface area contributed by atoms with Gasteiger partial charge in [-0.3, -0.25) is 9.78 Å². The van der Waals surface area contributed by atoms with Gasteiger partial charge in [0.25, 0.3) is 5.91 Å². The zero-order chi connectivity index (χ0) is 17.1. The summed E-state index contributed by atoms with van der Waals surface area (Å²) < 4.78 is 0. The summed E-state index contributed by atoms with van der Waals surface area (Å²) >= 11 is 5.95. The Labute approximate surface area is 144 Å². The van der Waals surface area contributed by atoms with Gasteiger partial charge in [0.1, 0.15) is 10.8 Å². The molecule has 0 unspecified atom stereocenters. The van der Waals surface area contributed by atoms with Gasteiger partial charge >= 0.3 is 0 Å². The lowest BCUT2D eigenvalue weighted by atomic mass is 10.1. The number of halogens is 1. The fraction of sp³-hybridized carbons (Fsp3) is 0.111. The van der Waals surface area contributed by atoms with Crippen molar-refractivity contribution >= 4 is 23.2 Å². The van der Waals surface area contributed by atoms with Crippen molar-refractivity contribution in [3.8, 4) is 11.1 Å². The molecular weight excluding hydrogens is 324 g/mol. The SMILES string of the molecule is Cc1cc(NC(=O)c2cc(-c3ccnc(Cl)c3)cc(C)n2)ccn1. The van der Waals surface area contributed by atoms with Crippen LogP contribution in [0, 0.1) is 13.8 Å². The van der Waals surface area contributed by atoms with Crippen molar-refractivity contribution in [2.75, 3.05) is 5.32 Å². The molecule has 0 atom stereocenters. The smallest absolute Gasteiger partial charge is 0.274 e. The third kappa shape index (κ3) is 3.75. The number of amides is 1. The molecule has 120 valence electrons. The molecule has 6 heteroatoms. The molecule has 0 fully saturated rings. The minimum Gasteiger partial charge on any atom is -0.321 e. The minimum absolute atomic E-state index is 0.272. The summed E-state index contributed by atoms with van der Waals surface area (Å²) in [5.41, 5.74) is 4.35. The number of pyridine rings is 3. The number of aryl methyl sites for hydroxylation is 2. The van der Waals surface area contributed by atoms with Gasteiger partial charge in [0.15, 0.2) is 0 Å². The molecular formula is C18H15ClN4O. The largest absolute Gasteiger partial charge is 0.321 e. The molecule has 3 heterocycles. The van der Waals surface area contributed by atoms with Crippen LogP contribution in [-0.2, 0) is 0 Å². The van der Waals surface area contributed by atoms with Crippen molar-refractivity contribution in [3.05, 3.63) is 71.0 Å². The number of hydrogen-bond acceptors (Lipinski definition) is 4. The summed E-state index contributed by atoms with van der Waals surface area (Å²) in [6, 6.07) is 10.8. The number of rotatable bonds is 3. The summed E-state index contributed by atoms with van der Waals surface area (Å²) in [4.78, 5) is 24.9. The van der Waals surface area contributed by atoms with Gasteiger partial charge in [-0.15, -0.1) is 0 Å². The third-order valence-electron chi connectivity index (χ3n) is 3.40. The predicted molar refractivity (Wildman–Crippen MR) is 94.1 cm³/mol. The molecule has 0 spiro atoms. The van der Waals surface area contributed by atoms with Gasteiger partial charge in [0.2, 0.25) is 0 Å². The minimum atomic E-state index is -0.272. The standard InChI is InChI=1S/C18H15ClN4O/c1-11-8-15(4-6-20-11)23-18(24)16-9-14(7-12(2)22-16)13-3-5-21-17(19)10-13/h3-10H,1-2H3,(H,20,23,24). The number of carbonyl (C=O) groups is 1. The first kappa shape index (κ1) is 16.1. The Morgan fingerprint density at radius 1 is 0.958 bits per heavy atom. The monoisotopic (exact) mass is 338 g/mol. The predicted octanol–water partition coefficient (Wildman–Crippen LogP) is 4.06. The molecule has 0 saturated heterocycles. The highest BCUT2D eigenvalue weighted by Crippen LogP contribution is 2.23. The zero-order valence-corrected chi connectivity index (χ0v) is 14.0. The van der Waals surface area contributed by atoms with E-state index in [1.807, 2.05) is 26.0 Å². The van der Waals surface area contributed by atoms with Crippen molar-refractivity contribution in [1.82, 2.24) is 15.0 Å². The van der Waals surface area contributed by atoms with E-state index in [1.165, 1.54) is 0 Å². The fourth-order valence-corrected chi connectivity index (χ4v) is 2.53. The Balaban J connectivity index is 1.92. The van der Waals surface area contributed by atoms with Crippen molar-refractivity contribution in [2.45, 2.75) is 13.8 Å². The molecule has 5 nitrogen and oxygen atoms in total. The summed E-state index contributed by atoms with van der Waals surface area (Å²) in [7, 11) is 0. The van der Waals surface area contributed by atoms with Gasteiger partial charge in [0.05, 0.1) is 0 Å². The van der Waals surface area contributed by atoms with Crippen molar-refractivity contribution in [1.29, 1.82) is 0 Å². The second-order valence-electron chi connectivity index (χ2n) is 5.39. The molecule has 3 rings (SSSR count). The highest BCUT2D eigenvalue weighted by molar-refractivity contribution is 6.29. The Morgan fingerprint density at radius 3 is 2.50 bits per heavy atom. The van der Waals surface area contributed by atoms with Gasteiger partial charge in [-0.1, -0.05) is 11.6 Å². The molecule has 1 amide bonds. The maximum Gasteiger partial charge on any atom is 0.274 e. The number of anilines is 1. The van der Waals surface area contributed by atoms with Crippen LogP contribution in [0.2, 0.25) is 5.15 Å². The Hall–Kier alpha value is -2.79. The Kier molecular flexibility index (Phi) is 4.53. The van der Waals surface area contributed by atoms with E-state index >= 15 is 0 Å². The van der Waals surface area contributed by atoms with Crippen LogP contribution in [-0.4, -0.2) is 20.9 Å². The van der Waals surface area contributed by atoms with Gasteiger partial charge < -0.3 is 5.32 Å². The first-order valence-corrected chi connectivity index (χ1v) is 7.74. The topological polar surface area (TPSA) is 67.8 Å². The van der Waals surface area contributed by atoms with Crippen LogP contribution in [0.1, 0.15) is 21.9 Å². The number of nitrogens with zero attached hydrogens (tertiary/aromatic N) is 3. The molecule has 0 bridgehead atoms. The van der Waals surface area contributed by atoms with Crippen molar-refractivity contribution < 1.29 is 4.79 Å². The van der Waals surface area contributed by atoms with Gasteiger partial charge in [-0.2, -0.15) is 0 Å². The Morgan fingerprint density at radius 2 is 1.75 bits per heavy atom. The normalized spacial score (nSPS) is 10.5. The zero-order valence-electron chi connectivity index (χ0n) is 13.2. The molecule has 0 aliphatic carbocycles. The lowest BCUT2D eigenvalue weighted by Crippen LogP contribution is -2.14. The summed E-state index contributed by atoms with van der Waals surface area (Å²) in [5.74, 6) is -0.272. The lowest BCUT2D eigenvalue weighted by molar-refractivity contribution is 0.102. The van der Waals surface area contributed by atoms with Crippen LogP contribution in [0.15, 0.2) is 48.8 Å². The van der Waals surface area contributed by atoms with Gasteiger partial charge in [0, 0.05) is 29.5 Å². The molecule has 0 aliphatic rings. The Bertz CT molecular complexity index is 911. The van der Waals surface area contributed by atoms with Crippen LogP contribution in [0.25, 0.3) is 11.1 Å². The third-order valence-corrected chi connectivity index (χ3v) is 3.61. The fourth-order valence-electron chi connectivity index (χ4n) is 2.35. The van der Waals surface area contributed by atoms with Crippen LogP contribution in [0.4, 0.5) is 5.69 Å². The first-order valence-electron chi connectivity index (χ1n) is 7.36. The van der Waals surface area contributed by atoms with Crippen LogP contribution in [0.5, 0.6) is 0 Å². The van der Waals surface area contributed by atoms with Gasteiger partial charge in [-0.05, 0) is 61.4 Å². The van der Waals surface area contributed by atoms with E-state index in [0.717, 1.165) is 22.5 Å². The number of carbonyl (C=O) groups excluding carboxylic acids is 1. The molecule has 3 aromatic rings. The van der Waals surface area contributed by atoms with Gasteiger partial charge in [-0.25, -0.2) is 9.97 Å². The van der Waals surface area contributed by atoms with E-state index in [-0.39, 0.29) is 5.91 Å². The quantitative estimate of drug-likeness (QED) is 0.731. The van der Waals surface area contributed by atoms with E-state index in [0.29, 0.717) is 16.5 Å². The summed E-state index contributed by atoms with van der Waals surface area (Å²) in [5, 5.41) is 3.24. The van der Waals surface area contributed by atoms with E-state index in [4.69, 9.17) is 11.6 Å². The molecule has 1 N–H and O–H groups in total. The number of nitrogens with one attached hydrogen (secondary N) is 1. The second kappa shape index (κ2) is 6.76. The average molecular weight is 339 g/mol. The number of aromatic nitrogens is 3. The average Bonchev–Trinajstić information content (AvgIpc) is 2.54. The molecule has 0 aliphatic heterocycles. The lowest BCUT2D eigenvalue weighted by Gasteiger charge is -2.09. The summed E-state index contributed by atoms with van der Waals surface area (Å²) in [6.45, 7) is 3.71. The van der Waals surface area contributed by atoms with E-state index < -0.39 is 0 Å². The molecule has 0 saturated carbocycles. The van der Waals surface area contributed by atoms with Crippen molar-refractivity contribution in [2.24, 2.45) is 0 Å². The second-order valence-corrected chi connectivity index (χ2v) is 5.78. The first-order chi connectivity index (χ1) is 11.5. The van der Waals surface area contributed by atoms with E-state index in [2.05, 4.69) is 20.3 Å². The highest BCUT2D eigenvalue weighted by Gasteiger charge is 2.11. The van der Waals surface area contributed by atoms with E-state index in [1.54, 1.807) is 36.7 Å². The number of hydrogen-bond donors (Lipinski definition) is 1. The maximum atomic E-state index is 12.5. The van der Waals surface area contributed by atoms with Crippen LogP contribution >= 0.6 is 11.6 Å². The van der Waals surface area contributed by atoms with Crippen molar-refractivity contribution in [3.63, 3.8) is 0 Å². The van der Waals surface area contributed by atoms with E-state index in [9.17, 15) is 4.79 Å².